The van der Waals surface area contributed by atoms with Crippen molar-refractivity contribution in [3.05, 3.63) is 95.3 Å². The molecule has 1 aromatic heterocycles. The number of hydrogen-bond acceptors (Lipinski definition) is 2. The van der Waals surface area contributed by atoms with Crippen LogP contribution >= 0.6 is 0 Å². The lowest BCUT2D eigenvalue weighted by Gasteiger charge is -2.29. The van der Waals surface area contributed by atoms with Gasteiger partial charge in [0.25, 0.3) is 5.91 Å². The second kappa shape index (κ2) is 6.64. The van der Waals surface area contributed by atoms with E-state index in [4.69, 9.17) is 4.98 Å². The first-order chi connectivity index (χ1) is 13.7. The minimum absolute atomic E-state index is 0.0725. The van der Waals surface area contributed by atoms with Gasteiger partial charge >= 0.3 is 0 Å². The fraction of sp³-hybridized carbons (Fsp3) is 0.167. The first kappa shape index (κ1) is 16.8. The highest BCUT2D eigenvalue weighted by atomic mass is 16.2. The normalized spacial score (nSPS) is 13.5. The minimum Gasteiger partial charge on any atom is -0.334 e. The molecule has 4 aromatic rings. The molecule has 28 heavy (non-hydrogen) atoms. The second-order valence-corrected chi connectivity index (χ2v) is 7.28. The average Bonchev–Trinajstić information content (AvgIpc) is 3.08. The molecule has 138 valence electrons. The summed E-state index contributed by atoms with van der Waals surface area (Å²) < 4.78 is 2.13. The Hall–Kier alpha value is -3.40. The zero-order valence-electron chi connectivity index (χ0n) is 15.8. The molecule has 4 heteroatoms. The van der Waals surface area contributed by atoms with E-state index in [1.165, 1.54) is 11.1 Å². The summed E-state index contributed by atoms with van der Waals surface area (Å²) in [5.41, 5.74) is 6.24. The van der Waals surface area contributed by atoms with E-state index in [9.17, 15) is 4.79 Å². The van der Waals surface area contributed by atoms with E-state index >= 15 is 0 Å². The highest BCUT2D eigenvalue weighted by molar-refractivity contribution is 5.97. The molecule has 0 fully saturated rings. The van der Waals surface area contributed by atoms with Gasteiger partial charge in [-0.1, -0.05) is 42.5 Å². The van der Waals surface area contributed by atoms with Crippen LogP contribution in [0.5, 0.6) is 0 Å². The zero-order valence-corrected chi connectivity index (χ0v) is 15.8. The van der Waals surface area contributed by atoms with Gasteiger partial charge < -0.3 is 4.90 Å². The van der Waals surface area contributed by atoms with Gasteiger partial charge in [-0.15, -0.1) is 0 Å². The van der Waals surface area contributed by atoms with Crippen LogP contribution in [0.15, 0.2) is 72.8 Å². The van der Waals surface area contributed by atoms with Crippen LogP contribution < -0.4 is 0 Å². The fourth-order valence-electron chi connectivity index (χ4n) is 4.09. The maximum Gasteiger partial charge on any atom is 0.254 e. The van der Waals surface area contributed by atoms with Crippen LogP contribution in [0.4, 0.5) is 0 Å². The van der Waals surface area contributed by atoms with E-state index in [-0.39, 0.29) is 5.91 Å². The lowest BCUT2D eigenvalue weighted by Crippen LogP contribution is -2.35. The molecule has 2 heterocycles. The van der Waals surface area contributed by atoms with Crippen molar-refractivity contribution in [1.29, 1.82) is 0 Å². The van der Waals surface area contributed by atoms with Crippen LogP contribution in [0.1, 0.15) is 27.3 Å². The number of hydrogen-bond donors (Lipinski definition) is 0. The van der Waals surface area contributed by atoms with Crippen LogP contribution in [0.25, 0.3) is 16.7 Å². The summed E-state index contributed by atoms with van der Waals surface area (Å²) in [6.45, 7) is 3.42. The molecule has 0 atom stereocenters. The summed E-state index contributed by atoms with van der Waals surface area (Å²) in [6, 6.07) is 24.4. The van der Waals surface area contributed by atoms with Gasteiger partial charge in [-0.05, 0) is 54.8 Å². The summed E-state index contributed by atoms with van der Waals surface area (Å²) in [5.74, 6) is 0.987. The summed E-state index contributed by atoms with van der Waals surface area (Å²) in [6.07, 6.45) is 0.909. The van der Waals surface area contributed by atoms with Crippen LogP contribution in [0.3, 0.4) is 0 Å². The van der Waals surface area contributed by atoms with E-state index in [2.05, 4.69) is 34.9 Å². The lowest BCUT2D eigenvalue weighted by atomic mass is 9.99. The van der Waals surface area contributed by atoms with Crippen LogP contribution in [-0.2, 0) is 13.0 Å². The molecule has 0 bridgehead atoms. The molecule has 0 radical (unpaired) electrons. The van der Waals surface area contributed by atoms with E-state index in [0.29, 0.717) is 12.1 Å². The standard InChI is InChI=1S/C24H21N3O/c1-17-25-22-15-19(11-12-23(22)27(17)21-9-3-2-4-10-21)24(28)26-14-13-18-7-5-6-8-20(18)16-26/h2-12,15H,13-14,16H2,1H3. The topological polar surface area (TPSA) is 38.1 Å². The van der Waals surface area contributed by atoms with Gasteiger partial charge in [0, 0.05) is 24.3 Å². The number of fused-ring (bicyclic) bond motifs is 2. The van der Waals surface area contributed by atoms with Crippen molar-refractivity contribution in [2.24, 2.45) is 0 Å². The monoisotopic (exact) mass is 367 g/mol. The number of rotatable bonds is 2. The van der Waals surface area contributed by atoms with Gasteiger partial charge in [0.2, 0.25) is 0 Å². The summed E-state index contributed by atoms with van der Waals surface area (Å²) in [5, 5.41) is 0. The molecule has 1 aliphatic heterocycles. The number of aromatic nitrogens is 2. The number of amides is 1. The molecule has 0 saturated carbocycles. The van der Waals surface area contributed by atoms with Crippen molar-refractivity contribution >= 4 is 16.9 Å². The molecule has 4 nitrogen and oxygen atoms in total. The molecule has 0 spiro atoms. The molecule has 5 rings (SSSR count). The smallest absolute Gasteiger partial charge is 0.254 e. The van der Waals surface area contributed by atoms with E-state index in [0.717, 1.165) is 35.5 Å². The lowest BCUT2D eigenvalue weighted by molar-refractivity contribution is 0.0735. The predicted molar refractivity (Wildman–Crippen MR) is 111 cm³/mol. The largest absolute Gasteiger partial charge is 0.334 e. The first-order valence-electron chi connectivity index (χ1n) is 9.61. The Bertz CT molecular complexity index is 1180. The van der Waals surface area contributed by atoms with Crippen molar-refractivity contribution in [3.63, 3.8) is 0 Å². The van der Waals surface area contributed by atoms with Crippen molar-refractivity contribution in [2.75, 3.05) is 6.54 Å². The van der Waals surface area contributed by atoms with Gasteiger partial charge in [0.05, 0.1) is 11.0 Å². The van der Waals surface area contributed by atoms with Crippen LogP contribution in [0, 0.1) is 6.92 Å². The van der Waals surface area contributed by atoms with E-state index in [1.807, 2.05) is 54.3 Å². The molecule has 0 saturated heterocycles. The molecule has 0 aliphatic carbocycles. The number of carbonyl (C=O) groups excluding carboxylic acids is 1. The van der Waals surface area contributed by atoms with Gasteiger partial charge in [-0.2, -0.15) is 0 Å². The van der Waals surface area contributed by atoms with Crippen molar-refractivity contribution < 1.29 is 4.79 Å². The minimum atomic E-state index is 0.0725. The maximum atomic E-state index is 13.1. The van der Waals surface area contributed by atoms with Crippen LogP contribution in [0.2, 0.25) is 0 Å². The molecular weight excluding hydrogens is 346 g/mol. The van der Waals surface area contributed by atoms with Crippen molar-refractivity contribution in [3.8, 4) is 5.69 Å². The highest BCUT2D eigenvalue weighted by Gasteiger charge is 2.22. The molecule has 0 unspecified atom stereocenters. The Labute approximate surface area is 164 Å². The zero-order chi connectivity index (χ0) is 19.1. The fourth-order valence-corrected chi connectivity index (χ4v) is 4.09. The van der Waals surface area contributed by atoms with E-state index < -0.39 is 0 Å². The molecule has 1 aliphatic rings. The first-order valence-corrected chi connectivity index (χ1v) is 9.61. The maximum absolute atomic E-state index is 13.1. The number of nitrogens with zero attached hydrogens (tertiary/aromatic N) is 3. The van der Waals surface area contributed by atoms with Gasteiger partial charge in [0.15, 0.2) is 0 Å². The molecule has 0 N–H and O–H groups in total. The summed E-state index contributed by atoms with van der Waals surface area (Å²) in [7, 11) is 0. The quantitative estimate of drug-likeness (QED) is 0.522. The third-order valence-corrected chi connectivity index (χ3v) is 5.50. The number of imidazole rings is 1. The Kier molecular flexibility index (Phi) is 3.97. The number of carbonyl (C=O) groups is 1. The Morgan fingerprint density at radius 1 is 0.929 bits per heavy atom. The molecular formula is C24H21N3O. The van der Waals surface area contributed by atoms with Crippen molar-refractivity contribution in [1.82, 2.24) is 14.5 Å². The van der Waals surface area contributed by atoms with Crippen LogP contribution in [-0.4, -0.2) is 26.9 Å². The summed E-state index contributed by atoms with van der Waals surface area (Å²) >= 11 is 0. The third kappa shape index (κ3) is 2.78. The van der Waals surface area contributed by atoms with Crippen molar-refractivity contribution in [2.45, 2.75) is 19.9 Å². The summed E-state index contributed by atoms with van der Waals surface area (Å²) in [4.78, 5) is 19.7. The molecule has 1 amide bonds. The van der Waals surface area contributed by atoms with Gasteiger partial charge in [-0.25, -0.2) is 4.98 Å². The predicted octanol–water partition coefficient (Wildman–Crippen LogP) is 4.53. The average molecular weight is 367 g/mol. The SMILES string of the molecule is Cc1nc2cc(C(=O)N3CCc4ccccc4C3)ccc2n1-c1ccccc1. The van der Waals surface area contributed by atoms with Gasteiger partial charge in [0.1, 0.15) is 5.82 Å². The Balaban J connectivity index is 1.48. The second-order valence-electron chi connectivity index (χ2n) is 7.28. The number of aryl methyl sites for hydroxylation is 1. The Morgan fingerprint density at radius 3 is 2.50 bits per heavy atom. The number of para-hydroxylation sites is 1. The third-order valence-electron chi connectivity index (χ3n) is 5.50. The Morgan fingerprint density at radius 2 is 1.68 bits per heavy atom. The van der Waals surface area contributed by atoms with Gasteiger partial charge in [-0.3, -0.25) is 9.36 Å². The van der Waals surface area contributed by atoms with E-state index in [1.54, 1.807) is 0 Å². The molecule has 3 aromatic carbocycles. The number of benzene rings is 3. The highest BCUT2D eigenvalue weighted by Crippen LogP contribution is 2.24.